The van der Waals surface area contributed by atoms with Crippen molar-refractivity contribution in [3.63, 3.8) is 0 Å². The molecule has 0 amide bonds. The smallest absolute Gasteiger partial charge is 0.167 e. The van der Waals surface area contributed by atoms with E-state index in [1.807, 2.05) is 18.3 Å². The number of hydrogen-bond donors (Lipinski definition) is 2. The predicted octanol–water partition coefficient (Wildman–Crippen LogP) is 4.98. The number of thiocarbonyl (C=S) groups is 1. The van der Waals surface area contributed by atoms with Crippen molar-refractivity contribution < 1.29 is 4.74 Å². The van der Waals surface area contributed by atoms with Crippen LogP contribution in [0.1, 0.15) is 56.6 Å². The molecule has 2 aromatic rings. The predicted molar refractivity (Wildman–Crippen MR) is 139 cm³/mol. The second-order valence-corrected chi connectivity index (χ2v) is 10.4. The van der Waals surface area contributed by atoms with Crippen molar-refractivity contribution in [2.45, 2.75) is 63.1 Å². The van der Waals surface area contributed by atoms with E-state index >= 15 is 0 Å². The van der Waals surface area contributed by atoms with Crippen LogP contribution in [0, 0.1) is 11.8 Å². The van der Waals surface area contributed by atoms with Gasteiger partial charge in [-0.25, -0.2) is 0 Å². The first-order chi connectivity index (χ1) is 16.2. The number of hydrogen-bond acceptors (Lipinski definition) is 4. The summed E-state index contributed by atoms with van der Waals surface area (Å²) in [6.45, 7) is 6.34. The minimum Gasteiger partial charge on any atom is -0.497 e. The van der Waals surface area contributed by atoms with E-state index < -0.39 is 0 Å². The molecule has 3 saturated heterocycles. The first-order valence-electron chi connectivity index (χ1n) is 12.5. The molecule has 33 heavy (non-hydrogen) atoms. The molecule has 5 atom stereocenters. The summed E-state index contributed by atoms with van der Waals surface area (Å²) in [6, 6.07) is 9.29. The molecule has 4 fully saturated rings. The Labute approximate surface area is 203 Å². The lowest BCUT2D eigenvalue weighted by Crippen LogP contribution is -2.58. The molecule has 176 valence electrons. The Bertz CT molecular complexity index is 1000. The van der Waals surface area contributed by atoms with Crippen LogP contribution in [0.3, 0.4) is 0 Å². The van der Waals surface area contributed by atoms with Crippen LogP contribution in [0.25, 0.3) is 10.9 Å². The Balaban J connectivity index is 1.47. The largest absolute Gasteiger partial charge is 0.497 e. The van der Waals surface area contributed by atoms with Gasteiger partial charge in [0, 0.05) is 30.2 Å². The van der Waals surface area contributed by atoms with E-state index in [1.54, 1.807) is 7.11 Å². The number of aromatic nitrogens is 1. The van der Waals surface area contributed by atoms with Crippen molar-refractivity contribution in [1.29, 1.82) is 0 Å². The van der Waals surface area contributed by atoms with Gasteiger partial charge in [-0.05, 0) is 86.1 Å². The van der Waals surface area contributed by atoms with Crippen LogP contribution < -0.4 is 15.4 Å². The molecule has 1 aliphatic carbocycles. The molecule has 6 rings (SSSR count). The second-order valence-electron chi connectivity index (χ2n) is 9.96. The average molecular weight is 465 g/mol. The van der Waals surface area contributed by atoms with Crippen LogP contribution in [0.4, 0.5) is 0 Å². The summed E-state index contributed by atoms with van der Waals surface area (Å²) < 4.78 is 5.55. The van der Waals surface area contributed by atoms with Gasteiger partial charge in [0.15, 0.2) is 5.11 Å². The number of methoxy groups -OCH3 is 1. The number of piperidine rings is 3. The fourth-order valence-electron chi connectivity index (χ4n) is 6.27. The molecule has 0 radical (unpaired) electrons. The molecule has 6 heteroatoms. The summed E-state index contributed by atoms with van der Waals surface area (Å²) in [4.78, 5) is 7.28. The Morgan fingerprint density at radius 1 is 1.24 bits per heavy atom. The van der Waals surface area contributed by atoms with E-state index in [-0.39, 0.29) is 6.04 Å². The van der Waals surface area contributed by atoms with Crippen molar-refractivity contribution >= 4 is 28.2 Å². The first kappa shape index (κ1) is 22.6. The van der Waals surface area contributed by atoms with Crippen LogP contribution in [-0.4, -0.2) is 47.3 Å². The summed E-state index contributed by atoms with van der Waals surface area (Å²) in [7, 11) is 1.72. The van der Waals surface area contributed by atoms with Gasteiger partial charge in [-0.2, -0.15) is 0 Å². The number of rotatable bonds is 6. The minimum atomic E-state index is 0.0970. The zero-order chi connectivity index (χ0) is 22.8. The Morgan fingerprint density at radius 3 is 2.82 bits per heavy atom. The maximum atomic E-state index is 5.89. The van der Waals surface area contributed by atoms with E-state index in [9.17, 15) is 0 Å². The molecule has 2 unspecified atom stereocenters. The third-order valence-corrected chi connectivity index (χ3v) is 8.32. The van der Waals surface area contributed by atoms with Gasteiger partial charge in [0.1, 0.15) is 5.75 Å². The molecule has 5 nitrogen and oxygen atoms in total. The molecule has 2 bridgehead atoms. The molecule has 4 aliphatic rings. The highest BCUT2D eigenvalue weighted by Crippen LogP contribution is 2.42. The zero-order valence-electron chi connectivity index (χ0n) is 19.6. The molecule has 1 saturated carbocycles. The van der Waals surface area contributed by atoms with Crippen molar-refractivity contribution in [1.82, 2.24) is 20.5 Å². The van der Waals surface area contributed by atoms with E-state index in [2.05, 4.69) is 45.3 Å². The molecule has 0 spiro atoms. The van der Waals surface area contributed by atoms with Gasteiger partial charge in [0.05, 0.1) is 18.7 Å². The molecule has 2 N–H and O–H groups in total. The standard InChI is InChI=1S/C27H36N4OS/c1-3-18-17-31-14-12-19(18)15-25(31)26(30-27(33)29-20-7-5-4-6-8-20)22-11-13-28-24-10-9-21(32-2)16-23(22)24/h3,9-11,13,16,18-20,25-26H,1,4-8,12,14-15,17H2,2H3,(H2,29,30,33)/t18-,19?,25+,26+/m1/s1. The highest BCUT2D eigenvalue weighted by Gasteiger charge is 2.43. The Hall–Kier alpha value is -2.18. The van der Waals surface area contributed by atoms with Gasteiger partial charge in [0.25, 0.3) is 0 Å². The fourth-order valence-corrected chi connectivity index (χ4v) is 6.56. The summed E-state index contributed by atoms with van der Waals surface area (Å²) in [5, 5.41) is 9.34. The van der Waals surface area contributed by atoms with Crippen molar-refractivity contribution in [2.75, 3.05) is 20.2 Å². The van der Waals surface area contributed by atoms with E-state index in [4.69, 9.17) is 17.0 Å². The normalized spacial score (nSPS) is 28.3. The van der Waals surface area contributed by atoms with Crippen LogP contribution in [0.2, 0.25) is 0 Å². The molecule has 3 aliphatic heterocycles. The lowest BCUT2D eigenvalue weighted by Gasteiger charge is -2.52. The monoisotopic (exact) mass is 464 g/mol. The van der Waals surface area contributed by atoms with Crippen LogP contribution in [0.5, 0.6) is 5.75 Å². The van der Waals surface area contributed by atoms with Gasteiger partial charge in [-0.1, -0.05) is 25.3 Å². The molecule has 1 aromatic heterocycles. The molecular formula is C27H36N4OS. The highest BCUT2D eigenvalue weighted by atomic mass is 32.1. The first-order valence-corrected chi connectivity index (χ1v) is 12.9. The number of ether oxygens (including phenoxy) is 1. The van der Waals surface area contributed by atoms with Crippen LogP contribution in [0.15, 0.2) is 43.1 Å². The maximum absolute atomic E-state index is 5.89. The van der Waals surface area contributed by atoms with E-state index in [0.717, 1.165) is 41.3 Å². The quantitative estimate of drug-likeness (QED) is 0.465. The van der Waals surface area contributed by atoms with Gasteiger partial charge in [0.2, 0.25) is 0 Å². The number of benzene rings is 1. The molecule has 4 heterocycles. The third-order valence-electron chi connectivity index (χ3n) is 8.08. The summed E-state index contributed by atoms with van der Waals surface area (Å²) >= 11 is 5.89. The lowest BCUT2D eigenvalue weighted by molar-refractivity contribution is 0.00426. The summed E-state index contributed by atoms with van der Waals surface area (Å²) in [5.74, 6) is 2.15. The van der Waals surface area contributed by atoms with E-state index in [1.165, 1.54) is 44.1 Å². The van der Waals surface area contributed by atoms with Gasteiger partial charge in [-0.3, -0.25) is 9.88 Å². The lowest BCUT2D eigenvalue weighted by atomic mass is 9.73. The second kappa shape index (κ2) is 9.98. The molecule has 1 aromatic carbocycles. The van der Waals surface area contributed by atoms with Gasteiger partial charge in [-0.15, -0.1) is 6.58 Å². The van der Waals surface area contributed by atoms with Crippen molar-refractivity contribution in [2.24, 2.45) is 11.8 Å². The van der Waals surface area contributed by atoms with Crippen molar-refractivity contribution in [3.05, 3.63) is 48.7 Å². The zero-order valence-corrected chi connectivity index (χ0v) is 20.4. The number of pyridine rings is 1. The number of fused-ring (bicyclic) bond motifs is 4. The number of nitrogens with one attached hydrogen (secondary N) is 2. The highest BCUT2D eigenvalue weighted by molar-refractivity contribution is 7.80. The SMILES string of the molecule is C=C[C@@H]1CN2CCC1C[C@H]2[C@@H](NC(=S)NC1CCCCC1)c1ccnc2ccc(OC)cc12. The Kier molecular flexibility index (Phi) is 6.84. The van der Waals surface area contributed by atoms with E-state index in [0.29, 0.717) is 23.9 Å². The molecular weight excluding hydrogens is 428 g/mol. The third kappa shape index (κ3) is 4.73. The van der Waals surface area contributed by atoms with Crippen LogP contribution >= 0.6 is 12.2 Å². The summed E-state index contributed by atoms with van der Waals surface area (Å²) in [6.07, 6.45) is 12.9. The minimum absolute atomic E-state index is 0.0970. The van der Waals surface area contributed by atoms with Gasteiger partial charge < -0.3 is 15.4 Å². The summed E-state index contributed by atoms with van der Waals surface area (Å²) in [5.41, 5.74) is 2.24. The number of nitrogens with zero attached hydrogens (tertiary/aromatic N) is 2. The Morgan fingerprint density at radius 2 is 2.09 bits per heavy atom. The maximum Gasteiger partial charge on any atom is 0.167 e. The van der Waals surface area contributed by atoms with Crippen LogP contribution in [-0.2, 0) is 0 Å². The van der Waals surface area contributed by atoms with Gasteiger partial charge >= 0.3 is 0 Å². The van der Waals surface area contributed by atoms with Crippen molar-refractivity contribution in [3.8, 4) is 5.75 Å². The average Bonchev–Trinajstić information content (AvgIpc) is 2.87. The topological polar surface area (TPSA) is 49.4 Å². The fraction of sp³-hybridized carbons (Fsp3) is 0.556.